The first-order chi connectivity index (χ1) is 15.5. The number of allylic oxidation sites excluding steroid dienone is 1. The number of anilines is 1. The molecule has 0 unspecified atom stereocenters. The highest BCUT2D eigenvalue weighted by Gasteiger charge is 2.15. The van der Waals surface area contributed by atoms with E-state index in [4.69, 9.17) is 0 Å². The van der Waals surface area contributed by atoms with Crippen molar-refractivity contribution >= 4 is 56.1 Å². The van der Waals surface area contributed by atoms with Crippen molar-refractivity contribution in [1.29, 1.82) is 0 Å². The van der Waals surface area contributed by atoms with Crippen LogP contribution in [-0.2, 0) is 17.1 Å². The van der Waals surface area contributed by atoms with Gasteiger partial charge >= 0.3 is 0 Å². The summed E-state index contributed by atoms with van der Waals surface area (Å²) in [6.07, 6.45) is 1.82. The number of amides is 1. The standard InChI is InChI=1S/C23H23N5OS3/c1-4-11-28-20(13-30-17-8-5-15(2)6-9-17)26-27-23(28)31-14-21(29)25-22-24-18-10-7-16(3)12-19(18)32-22/h4-10,12H,1,11,13-14H2,2-3H3,(H,24,25,29). The van der Waals surface area contributed by atoms with Crippen LogP contribution in [0.25, 0.3) is 10.2 Å². The summed E-state index contributed by atoms with van der Waals surface area (Å²) < 4.78 is 3.07. The molecule has 4 rings (SSSR count). The number of benzene rings is 2. The molecule has 9 heteroatoms. The zero-order chi connectivity index (χ0) is 22.5. The van der Waals surface area contributed by atoms with Crippen molar-refractivity contribution in [2.24, 2.45) is 0 Å². The molecule has 1 N–H and O–H groups in total. The summed E-state index contributed by atoms with van der Waals surface area (Å²) in [4.78, 5) is 18.2. The van der Waals surface area contributed by atoms with Crippen LogP contribution in [0.1, 0.15) is 17.0 Å². The second-order valence-electron chi connectivity index (χ2n) is 7.23. The van der Waals surface area contributed by atoms with E-state index in [0.29, 0.717) is 22.6 Å². The maximum absolute atomic E-state index is 12.5. The first-order valence-electron chi connectivity index (χ1n) is 10.0. The molecule has 32 heavy (non-hydrogen) atoms. The first kappa shape index (κ1) is 22.6. The molecule has 164 valence electrons. The van der Waals surface area contributed by atoms with Crippen LogP contribution in [0.3, 0.4) is 0 Å². The van der Waals surface area contributed by atoms with Gasteiger partial charge in [-0.15, -0.1) is 28.5 Å². The number of hydrogen-bond donors (Lipinski definition) is 1. The smallest absolute Gasteiger partial charge is 0.236 e. The summed E-state index contributed by atoms with van der Waals surface area (Å²) >= 11 is 4.56. The number of thiazole rings is 1. The number of nitrogens with zero attached hydrogens (tertiary/aromatic N) is 4. The molecule has 6 nitrogen and oxygen atoms in total. The average molecular weight is 482 g/mol. The highest BCUT2D eigenvalue weighted by Crippen LogP contribution is 2.28. The van der Waals surface area contributed by atoms with Gasteiger partial charge in [0.2, 0.25) is 5.91 Å². The maximum Gasteiger partial charge on any atom is 0.236 e. The van der Waals surface area contributed by atoms with Crippen LogP contribution < -0.4 is 5.32 Å². The number of aromatic nitrogens is 4. The highest BCUT2D eigenvalue weighted by molar-refractivity contribution is 7.99. The van der Waals surface area contributed by atoms with Crippen LogP contribution in [0.5, 0.6) is 0 Å². The van der Waals surface area contributed by atoms with Crippen LogP contribution in [-0.4, -0.2) is 31.4 Å². The summed E-state index contributed by atoms with van der Waals surface area (Å²) in [6, 6.07) is 14.5. The van der Waals surface area contributed by atoms with E-state index in [-0.39, 0.29) is 11.7 Å². The van der Waals surface area contributed by atoms with Gasteiger partial charge in [-0.2, -0.15) is 0 Å². The predicted molar refractivity (Wildman–Crippen MR) is 135 cm³/mol. The second kappa shape index (κ2) is 10.3. The van der Waals surface area contributed by atoms with Crippen LogP contribution in [0.2, 0.25) is 0 Å². The molecule has 2 heterocycles. The monoisotopic (exact) mass is 481 g/mol. The number of hydrogen-bond acceptors (Lipinski definition) is 7. The molecule has 4 aromatic rings. The third kappa shape index (κ3) is 5.59. The van der Waals surface area contributed by atoms with Crippen molar-refractivity contribution in [3.05, 3.63) is 72.1 Å². The van der Waals surface area contributed by atoms with Crippen molar-refractivity contribution in [3.63, 3.8) is 0 Å². The zero-order valence-corrected chi connectivity index (χ0v) is 20.3. The van der Waals surface area contributed by atoms with Crippen LogP contribution in [0, 0.1) is 13.8 Å². The third-order valence-electron chi connectivity index (χ3n) is 4.62. The number of aryl methyl sites for hydroxylation is 2. The fourth-order valence-corrected chi connectivity index (χ4v) is 5.58. The van der Waals surface area contributed by atoms with Gasteiger partial charge in [-0.25, -0.2) is 4.98 Å². The van der Waals surface area contributed by atoms with E-state index >= 15 is 0 Å². The normalized spacial score (nSPS) is 11.1. The van der Waals surface area contributed by atoms with Gasteiger partial charge in [-0.1, -0.05) is 52.9 Å². The molecule has 0 aliphatic carbocycles. The maximum atomic E-state index is 12.5. The quantitative estimate of drug-likeness (QED) is 0.244. The Morgan fingerprint density at radius 3 is 2.69 bits per heavy atom. The van der Waals surface area contributed by atoms with Crippen molar-refractivity contribution in [3.8, 4) is 0 Å². The summed E-state index contributed by atoms with van der Waals surface area (Å²) in [5, 5.41) is 12.9. The molecule has 1 amide bonds. The van der Waals surface area contributed by atoms with E-state index in [2.05, 4.69) is 64.3 Å². The summed E-state index contributed by atoms with van der Waals surface area (Å²) in [5.41, 5.74) is 3.31. The Hall–Kier alpha value is -2.62. The number of thioether (sulfide) groups is 2. The number of carbonyl (C=O) groups excluding carboxylic acids is 1. The SMILES string of the molecule is C=CCn1c(CSc2ccc(C)cc2)nnc1SCC(=O)Nc1nc2ccc(C)cc2s1. The molecular weight excluding hydrogens is 458 g/mol. The zero-order valence-electron chi connectivity index (χ0n) is 17.9. The molecule has 0 radical (unpaired) electrons. The Balaban J connectivity index is 1.37. The third-order valence-corrected chi connectivity index (χ3v) is 7.53. The Kier molecular flexibility index (Phi) is 7.29. The van der Waals surface area contributed by atoms with Crippen LogP contribution in [0.15, 0.2) is 65.2 Å². The number of carbonyl (C=O) groups is 1. The largest absolute Gasteiger partial charge is 0.301 e. The van der Waals surface area contributed by atoms with Crippen molar-refractivity contribution < 1.29 is 4.79 Å². The molecule has 0 saturated carbocycles. The molecular formula is C23H23N5OS3. The second-order valence-corrected chi connectivity index (χ2v) is 10.2. The topological polar surface area (TPSA) is 72.7 Å². The lowest BCUT2D eigenvalue weighted by atomic mass is 10.2. The molecule has 0 aliphatic heterocycles. The van der Waals surface area contributed by atoms with Gasteiger partial charge in [0.25, 0.3) is 0 Å². The molecule has 0 bridgehead atoms. The Labute approximate surface area is 199 Å². The lowest BCUT2D eigenvalue weighted by Crippen LogP contribution is -2.14. The average Bonchev–Trinajstić information content (AvgIpc) is 3.35. The van der Waals surface area contributed by atoms with Crippen molar-refractivity contribution in [1.82, 2.24) is 19.7 Å². The van der Waals surface area contributed by atoms with E-state index in [1.807, 2.05) is 29.7 Å². The van der Waals surface area contributed by atoms with Gasteiger partial charge in [0.15, 0.2) is 10.3 Å². The van der Waals surface area contributed by atoms with Crippen molar-refractivity contribution in [2.75, 3.05) is 11.1 Å². The number of nitrogens with one attached hydrogen (secondary N) is 1. The lowest BCUT2D eigenvalue weighted by Gasteiger charge is -2.08. The summed E-state index contributed by atoms with van der Waals surface area (Å²) in [5.74, 6) is 1.67. The molecule has 0 fully saturated rings. The minimum atomic E-state index is -0.116. The highest BCUT2D eigenvalue weighted by atomic mass is 32.2. The number of fused-ring (bicyclic) bond motifs is 1. The van der Waals surface area contributed by atoms with Gasteiger partial charge in [0.05, 0.1) is 21.7 Å². The van der Waals surface area contributed by atoms with Gasteiger partial charge in [-0.3, -0.25) is 4.79 Å². The van der Waals surface area contributed by atoms with E-state index in [0.717, 1.165) is 16.0 Å². The first-order valence-corrected chi connectivity index (χ1v) is 12.8. The van der Waals surface area contributed by atoms with Crippen molar-refractivity contribution in [2.45, 2.75) is 36.2 Å². The fraction of sp³-hybridized carbons (Fsp3) is 0.217. The van der Waals surface area contributed by atoms with Gasteiger partial charge in [0, 0.05) is 11.4 Å². The predicted octanol–water partition coefficient (Wildman–Crippen LogP) is 5.71. The van der Waals surface area contributed by atoms with Crippen LogP contribution >= 0.6 is 34.9 Å². The molecule has 2 aromatic carbocycles. The van der Waals surface area contributed by atoms with E-state index in [9.17, 15) is 4.79 Å². The Bertz CT molecular complexity index is 1250. The molecule has 0 spiro atoms. The summed E-state index contributed by atoms with van der Waals surface area (Å²) in [6.45, 7) is 8.56. The van der Waals surface area contributed by atoms with E-state index < -0.39 is 0 Å². The Morgan fingerprint density at radius 1 is 1.12 bits per heavy atom. The molecule has 2 aromatic heterocycles. The van der Waals surface area contributed by atoms with E-state index in [1.165, 1.54) is 39.1 Å². The minimum absolute atomic E-state index is 0.116. The van der Waals surface area contributed by atoms with Crippen LogP contribution in [0.4, 0.5) is 5.13 Å². The van der Waals surface area contributed by atoms with Gasteiger partial charge < -0.3 is 9.88 Å². The van der Waals surface area contributed by atoms with Gasteiger partial charge in [-0.05, 0) is 43.7 Å². The molecule has 0 atom stereocenters. The number of rotatable bonds is 9. The summed E-state index contributed by atoms with van der Waals surface area (Å²) in [7, 11) is 0. The van der Waals surface area contributed by atoms with E-state index in [1.54, 1.807) is 11.8 Å². The molecule has 0 aliphatic rings. The van der Waals surface area contributed by atoms with Gasteiger partial charge in [0.1, 0.15) is 5.82 Å². The molecule has 0 saturated heterocycles. The lowest BCUT2D eigenvalue weighted by molar-refractivity contribution is -0.113. The fourth-order valence-electron chi connectivity index (χ4n) is 3.00. The Morgan fingerprint density at radius 2 is 1.91 bits per heavy atom. The minimum Gasteiger partial charge on any atom is -0.301 e.